The van der Waals surface area contributed by atoms with Crippen LogP contribution in [-0.2, 0) is 9.53 Å². The van der Waals surface area contributed by atoms with E-state index in [0.717, 1.165) is 32.4 Å². The maximum absolute atomic E-state index is 12.7. The molecule has 0 saturated carbocycles. The van der Waals surface area contributed by atoms with Crippen LogP contribution in [0.5, 0.6) is 0 Å². The summed E-state index contributed by atoms with van der Waals surface area (Å²) in [6, 6.07) is 6.45. The number of hydrogen-bond acceptors (Lipinski definition) is 5. The lowest BCUT2D eigenvalue weighted by molar-refractivity contribution is -0.159. The largest absolute Gasteiger partial charge is 0.478 e. The summed E-state index contributed by atoms with van der Waals surface area (Å²) in [6.07, 6.45) is 2.57. The van der Waals surface area contributed by atoms with Crippen molar-refractivity contribution in [2.24, 2.45) is 5.92 Å². The maximum Gasteiger partial charge on any atom is 0.335 e. The Morgan fingerprint density at radius 3 is 2.10 bits per heavy atom. The summed E-state index contributed by atoms with van der Waals surface area (Å²) in [7, 11) is 0. The van der Waals surface area contributed by atoms with Gasteiger partial charge in [0.15, 0.2) is 0 Å². The van der Waals surface area contributed by atoms with Gasteiger partial charge in [0, 0.05) is 31.2 Å². The second-order valence-corrected chi connectivity index (χ2v) is 8.92. The van der Waals surface area contributed by atoms with Crippen LogP contribution in [0.15, 0.2) is 24.3 Å². The van der Waals surface area contributed by atoms with Crippen molar-refractivity contribution in [1.82, 2.24) is 9.80 Å². The van der Waals surface area contributed by atoms with Crippen molar-refractivity contribution in [2.75, 3.05) is 26.2 Å². The van der Waals surface area contributed by atoms with Crippen LogP contribution in [0.4, 0.5) is 0 Å². The number of esters is 1. The molecular weight excluding hydrogens is 372 g/mol. The topological polar surface area (TPSA) is 87.2 Å². The van der Waals surface area contributed by atoms with E-state index in [1.165, 1.54) is 12.1 Å². The predicted octanol–water partition coefficient (Wildman–Crippen LogP) is 2.65. The molecule has 2 aliphatic heterocycles. The van der Waals surface area contributed by atoms with E-state index in [2.05, 4.69) is 4.90 Å². The van der Waals surface area contributed by atoms with Crippen molar-refractivity contribution < 1.29 is 24.2 Å². The molecule has 0 aliphatic carbocycles. The van der Waals surface area contributed by atoms with Crippen LogP contribution < -0.4 is 0 Å². The monoisotopic (exact) mass is 402 g/mol. The van der Waals surface area contributed by atoms with Crippen LogP contribution in [0, 0.1) is 5.92 Å². The Morgan fingerprint density at radius 2 is 1.55 bits per heavy atom. The summed E-state index contributed by atoms with van der Waals surface area (Å²) in [5.41, 5.74) is 0.229. The summed E-state index contributed by atoms with van der Waals surface area (Å²) in [5, 5.41) is 8.98. The highest BCUT2D eigenvalue weighted by molar-refractivity contribution is 5.96. The molecule has 1 aromatic carbocycles. The molecule has 3 rings (SSSR count). The first-order valence-corrected chi connectivity index (χ1v) is 10.2. The van der Waals surface area contributed by atoms with Gasteiger partial charge in [0.25, 0.3) is 5.91 Å². The first kappa shape index (κ1) is 21.3. The summed E-state index contributed by atoms with van der Waals surface area (Å²) >= 11 is 0. The van der Waals surface area contributed by atoms with Gasteiger partial charge >= 0.3 is 11.9 Å². The summed E-state index contributed by atoms with van der Waals surface area (Å²) < 4.78 is 5.52. The molecule has 29 heavy (non-hydrogen) atoms. The standard InChI is InChI=1S/C22H30N2O5/c1-22(2,3)29-21(28)17-8-11-24(14-17)18-9-12-23(13-10-18)19(25)15-4-6-16(7-5-15)20(26)27/h4-7,17-18H,8-14H2,1-3H3,(H,26,27). The highest BCUT2D eigenvalue weighted by atomic mass is 16.6. The van der Waals surface area contributed by atoms with Gasteiger partial charge in [-0.2, -0.15) is 0 Å². The van der Waals surface area contributed by atoms with Crippen molar-refractivity contribution >= 4 is 17.8 Å². The van der Waals surface area contributed by atoms with Crippen LogP contribution in [0.25, 0.3) is 0 Å². The van der Waals surface area contributed by atoms with Gasteiger partial charge < -0.3 is 14.7 Å². The lowest BCUT2D eigenvalue weighted by Gasteiger charge is -2.36. The first-order valence-electron chi connectivity index (χ1n) is 10.2. The highest BCUT2D eigenvalue weighted by Gasteiger charge is 2.36. The van der Waals surface area contributed by atoms with Crippen molar-refractivity contribution in [2.45, 2.75) is 51.7 Å². The lowest BCUT2D eigenvalue weighted by atomic mass is 10.0. The fourth-order valence-corrected chi connectivity index (χ4v) is 4.07. The number of rotatable bonds is 4. The molecule has 0 bridgehead atoms. The fourth-order valence-electron chi connectivity index (χ4n) is 4.07. The van der Waals surface area contributed by atoms with Crippen LogP contribution in [0.2, 0.25) is 0 Å². The van der Waals surface area contributed by atoms with E-state index in [0.29, 0.717) is 24.7 Å². The summed E-state index contributed by atoms with van der Waals surface area (Å²) in [5.74, 6) is -1.24. The van der Waals surface area contributed by atoms with Crippen LogP contribution in [0.3, 0.4) is 0 Å². The molecule has 0 spiro atoms. The number of carbonyl (C=O) groups is 3. The zero-order chi connectivity index (χ0) is 21.2. The predicted molar refractivity (Wildman–Crippen MR) is 108 cm³/mol. The number of piperidine rings is 1. The Hall–Kier alpha value is -2.41. The van der Waals surface area contributed by atoms with Crippen molar-refractivity contribution in [3.05, 3.63) is 35.4 Å². The van der Waals surface area contributed by atoms with Crippen molar-refractivity contribution in [1.29, 1.82) is 0 Å². The number of carbonyl (C=O) groups excluding carboxylic acids is 2. The molecule has 1 amide bonds. The van der Waals surface area contributed by atoms with E-state index in [9.17, 15) is 14.4 Å². The van der Waals surface area contributed by atoms with Crippen LogP contribution in [0.1, 0.15) is 60.7 Å². The van der Waals surface area contributed by atoms with Gasteiger partial charge in [0.05, 0.1) is 11.5 Å². The molecule has 1 unspecified atom stereocenters. The number of benzene rings is 1. The number of hydrogen-bond donors (Lipinski definition) is 1. The minimum Gasteiger partial charge on any atom is -0.478 e. The van der Waals surface area contributed by atoms with Gasteiger partial charge in [0.2, 0.25) is 0 Å². The van der Waals surface area contributed by atoms with Crippen LogP contribution in [-0.4, -0.2) is 70.6 Å². The average Bonchev–Trinajstić information content (AvgIpc) is 3.17. The normalized spacial score (nSPS) is 21.2. The Morgan fingerprint density at radius 1 is 0.966 bits per heavy atom. The maximum atomic E-state index is 12.7. The Labute approximate surface area is 171 Å². The average molecular weight is 402 g/mol. The van der Waals surface area contributed by atoms with E-state index in [1.54, 1.807) is 12.1 Å². The number of amides is 1. The van der Waals surface area contributed by atoms with E-state index >= 15 is 0 Å². The SMILES string of the molecule is CC(C)(C)OC(=O)C1CCN(C2CCN(C(=O)c3ccc(C(=O)O)cc3)CC2)C1. The third-order valence-corrected chi connectivity index (χ3v) is 5.61. The molecule has 1 N–H and O–H groups in total. The molecule has 7 heteroatoms. The lowest BCUT2D eigenvalue weighted by Crippen LogP contribution is -2.46. The third kappa shape index (κ3) is 5.35. The molecule has 158 valence electrons. The third-order valence-electron chi connectivity index (χ3n) is 5.61. The Balaban J connectivity index is 1.50. The zero-order valence-corrected chi connectivity index (χ0v) is 17.4. The first-order chi connectivity index (χ1) is 13.6. The Bertz CT molecular complexity index is 760. The van der Waals surface area contributed by atoms with Gasteiger partial charge in [0.1, 0.15) is 5.60 Å². The molecule has 7 nitrogen and oxygen atoms in total. The van der Waals surface area contributed by atoms with Gasteiger partial charge in [-0.25, -0.2) is 4.79 Å². The van der Waals surface area contributed by atoms with Gasteiger partial charge in [-0.05, 0) is 70.8 Å². The number of carboxylic acid groups (broad SMARTS) is 1. The molecule has 2 saturated heterocycles. The minimum atomic E-state index is -1.000. The molecule has 2 fully saturated rings. The number of nitrogens with zero attached hydrogens (tertiary/aromatic N) is 2. The van der Waals surface area contributed by atoms with E-state index in [4.69, 9.17) is 9.84 Å². The number of likely N-dealkylation sites (tertiary alicyclic amines) is 2. The molecule has 1 aromatic rings. The van der Waals surface area contributed by atoms with E-state index in [1.807, 2.05) is 25.7 Å². The second-order valence-electron chi connectivity index (χ2n) is 8.92. The van der Waals surface area contributed by atoms with Gasteiger partial charge in [-0.1, -0.05) is 0 Å². The minimum absolute atomic E-state index is 0.0616. The molecule has 2 aliphatic rings. The van der Waals surface area contributed by atoms with Crippen LogP contribution >= 0.6 is 0 Å². The quantitative estimate of drug-likeness (QED) is 0.779. The van der Waals surface area contributed by atoms with E-state index < -0.39 is 11.6 Å². The van der Waals surface area contributed by atoms with Gasteiger partial charge in [-0.3, -0.25) is 14.5 Å². The van der Waals surface area contributed by atoms with Crippen molar-refractivity contribution in [3.8, 4) is 0 Å². The highest BCUT2D eigenvalue weighted by Crippen LogP contribution is 2.27. The summed E-state index contributed by atoms with van der Waals surface area (Å²) in [4.78, 5) is 40.1. The number of ether oxygens (including phenoxy) is 1. The fraction of sp³-hybridized carbons (Fsp3) is 0.591. The second kappa shape index (κ2) is 8.53. The number of carboxylic acids is 1. The molecule has 0 radical (unpaired) electrons. The molecule has 2 heterocycles. The van der Waals surface area contributed by atoms with Crippen molar-refractivity contribution in [3.63, 3.8) is 0 Å². The van der Waals surface area contributed by atoms with Gasteiger partial charge in [-0.15, -0.1) is 0 Å². The molecule has 0 aromatic heterocycles. The smallest absolute Gasteiger partial charge is 0.335 e. The number of aromatic carboxylic acids is 1. The Kier molecular flexibility index (Phi) is 6.27. The molecule has 1 atom stereocenters. The molecular formula is C22H30N2O5. The van der Waals surface area contributed by atoms with E-state index in [-0.39, 0.29) is 23.4 Å². The summed E-state index contributed by atoms with van der Waals surface area (Å²) in [6.45, 7) is 8.61. The zero-order valence-electron chi connectivity index (χ0n) is 17.4.